The van der Waals surface area contributed by atoms with Gasteiger partial charge in [-0.05, 0) is 30.2 Å². The Morgan fingerprint density at radius 2 is 2.14 bits per heavy atom. The number of benzene rings is 1. The van der Waals surface area contributed by atoms with Crippen LogP contribution in [0.25, 0.3) is 0 Å². The van der Waals surface area contributed by atoms with E-state index < -0.39 is 27.2 Å². The normalized spacial score (nSPS) is 11.5. The van der Waals surface area contributed by atoms with Crippen LogP contribution in [0.5, 0.6) is 0 Å². The van der Waals surface area contributed by atoms with Crippen molar-refractivity contribution < 1.29 is 22.7 Å². The molecular weight excluding hydrogens is 299 g/mol. The number of aromatic nitrogens is 2. The third-order valence-electron chi connectivity index (χ3n) is 2.95. The predicted molar refractivity (Wildman–Crippen MR) is 72.3 cm³/mol. The van der Waals surface area contributed by atoms with Crippen molar-refractivity contribution in [1.29, 1.82) is 0 Å². The fourth-order valence-electron chi connectivity index (χ4n) is 1.83. The van der Waals surface area contributed by atoms with E-state index in [1.807, 2.05) is 0 Å². The van der Waals surface area contributed by atoms with Gasteiger partial charge < -0.3 is 5.11 Å². The molecule has 2 rings (SSSR count). The number of carboxylic acid groups (broad SMARTS) is 1. The zero-order valence-electron chi connectivity index (χ0n) is 11.2. The summed E-state index contributed by atoms with van der Waals surface area (Å²) in [5, 5.41) is 12.8. The molecule has 1 N–H and O–H groups in total. The monoisotopic (exact) mass is 312 g/mol. The molecule has 1 heterocycles. The van der Waals surface area contributed by atoms with E-state index in [9.17, 15) is 17.6 Å². The summed E-state index contributed by atoms with van der Waals surface area (Å²) in [7, 11) is -1.97. The van der Waals surface area contributed by atoms with Crippen molar-refractivity contribution in [2.45, 2.75) is 11.3 Å². The molecule has 1 aromatic carbocycles. The predicted octanol–water partition coefficient (Wildman–Crippen LogP) is 1.27. The van der Waals surface area contributed by atoms with Crippen LogP contribution >= 0.6 is 0 Å². The van der Waals surface area contributed by atoms with Crippen LogP contribution in [0.15, 0.2) is 35.5 Å². The Kier molecular flexibility index (Phi) is 4.08. The Morgan fingerprint density at radius 3 is 2.71 bits per heavy atom. The number of carbonyl (C=O) groups is 1. The third kappa shape index (κ3) is 3.46. The van der Waals surface area contributed by atoms with Crippen LogP contribution in [-0.4, -0.2) is 35.0 Å². The number of aromatic carboxylic acids is 1. The summed E-state index contributed by atoms with van der Waals surface area (Å²) in [6.07, 6.45) is 3.50. The maximum atomic E-state index is 13.3. The van der Waals surface area contributed by atoms with Crippen LogP contribution in [-0.2, 0) is 23.3 Å². The second-order valence-corrected chi connectivity index (χ2v) is 6.65. The van der Waals surface area contributed by atoms with Crippen molar-refractivity contribution in [2.75, 3.05) is 5.75 Å². The highest BCUT2D eigenvalue weighted by atomic mass is 32.2. The highest BCUT2D eigenvalue weighted by molar-refractivity contribution is 7.91. The number of carboxylic acids is 1. The summed E-state index contributed by atoms with van der Waals surface area (Å²) in [6, 6.07) is 2.76. The van der Waals surface area contributed by atoms with Crippen molar-refractivity contribution in [3.05, 3.63) is 47.5 Å². The molecule has 0 aliphatic carbocycles. The molecule has 0 bridgehead atoms. The number of aryl methyl sites for hydroxylation is 2. The number of hydrogen-bond acceptors (Lipinski definition) is 4. The summed E-state index contributed by atoms with van der Waals surface area (Å²) in [6.45, 7) is 0. The molecular formula is C13H13FN2O4S. The minimum absolute atomic E-state index is 0.204. The van der Waals surface area contributed by atoms with Gasteiger partial charge in [0, 0.05) is 13.2 Å². The van der Waals surface area contributed by atoms with Gasteiger partial charge in [0.15, 0.2) is 9.84 Å². The molecule has 1 aromatic heterocycles. The van der Waals surface area contributed by atoms with Crippen LogP contribution in [0.1, 0.15) is 15.9 Å². The van der Waals surface area contributed by atoms with Gasteiger partial charge in [0.2, 0.25) is 0 Å². The van der Waals surface area contributed by atoms with Gasteiger partial charge in [0.1, 0.15) is 5.82 Å². The van der Waals surface area contributed by atoms with Crippen LogP contribution in [0.3, 0.4) is 0 Å². The maximum Gasteiger partial charge on any atom is 0.338 e. The second-order valence-electron chi connectivity index (χ2n) is 4.54. The van der Waals surface area contributed by atoms with E-state index >= 15 is 0 Å². The lowest BCUT2D eigenvalue weighted by Gasteiger charge is -2.05. The van der Waals surface area contributed by atoms with Crippen molar-refractivity contribution in [3.63, 3.8) is 0 Å². The van der Waals surface area contributed by atoms with Crippen molar-refractivity contribution in [1.82, 2.24) is 9.78 Å². The molecule has 0 atom stereocenters. The Hall–Kier alpha value is -2.22. The average Bonchev–Trinajstić information content (AvgIpc) is 2.82. The van der Waals surface area contributed by atoms with Gasteiger partial charge >= 0.3 is 5.97 Å². The molecule has 0 unspecified atom stereocenters. The molecule has 2 aromatic rings. The molecule has 0 amide bonds. The lowest BCUT2D eigenvalue weighted by atomic mass is 10.2. The quantitative estimate of drug-likeness (QED) is 0.840. The molecule has 0 aliphatic heterocycles. The summed E-state index contributed by atoms with van der Waals surface area (Å²) in [4.78, 5) is 10.6. The van der Waals surface area contributed by atoms with Gasteiger partial charge in [-0.25, -0.2) is 17.6 Å². The lowest BCUT2D eigenvalue weighted by Crippen LogP contribution is -2.11. The first-order valence-corrected chi connectivity index (χ1v) is 7.68. The zero-order valence-corrected chi connectivity index (χ0v) is 12.0. The lowest BCUT2D eigenvalue weighted by molar-refractivity contribution is 0.0691. The maximum absolute atomic E-state index is 13.3. The van der Waals surface area contributed by atoms with Crippen molar-refractivity contribution >= 4 is 15.8 Å². The third-order valence-corrected chi connectivity index (χ3v) is 4.66. The summed E-state index contributed by atoms with van der Waals surface area (Å²) >= 11 is 0. The fourth-order valence-corrected chi connectivity index (χ4v) is 3.15. The van der Waals surface area contributed by atoms with E-state index in [-0.39, 0.29) is 17.1 Å². The summed E-state index contributed by atoms with van der Waals surface area (Å²) in [5.74, 6) is -2.67. The molecule has 6 nitrogen and oxygen atoms in total. The first-order chi connectivity index (χ1) is 9.79. The first kappa shape index (κ1) is 15.2. The molecule has 0 saturated carbocycles. The Morgan fingerprint density at radius 1 is 1.43 bits per heavy atom. The van der Waals surface area contributed by atoms with Crippen molar-refractivity contribution in [2.24, 2.45) is 7.05 Å². The van der Waals surface area contributed by atoms with Gasteiger partial charge in [0.25, 0.3) is 0 Å². The van der Waals surface area contributed by atoms with Gasteiger partial charge in [-0.3, -0.25) is 4.68 Å². The van der Waals surface area contributed by atoms with E-state index in [1.54, 1.807) is 24.1 Å². The van der Waals surface area contributed by atoms with E-state index in [1.165, 1.54) is 0 Å². The highest BCUT2D eigenvalue weighted by Crippen LogP contribution is 2.17. The number of sulfone groups is 1. The summed E-state index contributed by atoms with van der Waals surface area (Å²) < 4.78 is 39.1. The van der Waals surface area contributed by atoms with E-state index in [2.05, 4.69) is 5.10 Å². The van der Waals surface area contributed by atoms with Crippen LogP contribution in [0, 0.1) is 5.82 Å². The number of rotatable bonds is 5. The second kappa shape index (κ2) is 5.65. The fraction of sp³-hybridized carbons (Fsp3) is 0.231. The molecule has 8 heteroatoms. The molecule has 0 spiro atoms. The zero-order chi connectivity index (χ0) is 15.6. The SMILES string of the molecule is Cn1cc(CCS(=O)(=O)c2ccc(F)c(C(=O)O)c2)cn1. The van der Waals surface area contributed by atoms with Crippen LogP contribution in [0.4, 0.5) is 4.39 Å². The minimum Gasteiger partial charge on any atom is -0.478 e. The van der Waals surface area contributed by atoms with Gasteiger partial charge in [-0.15, -0.1) is 0 Å². The van der Waals surface area contributed by atoms with Crippen LogP contribution in [0.2, 0.25) is 0 Å². The Labute approximate surface area is 120 Å². The Balaban J connectivity index is 2.23. The summed E-state index contributed by atoms with van der Waals surface area (Å²) in [5.41, 5.74) is 0.0964. The van der Waals surface area contributed by atoms with Gasteiger partial charge in [-0.2, -0.15) is 5.10 Å². The number of nitrogens with zero attached hydrogens (tertiary/aromatic N) is 2. The van der Waals surface area contributed by atoms with Crippen molar-refractivity contribution in [3.8, 4) is 0 Å². The Bertz CT molecular complexity index is 783. The van der Waals surface area contributed by atoms with E-state index in [0.29, 0.717) is 0 Å². The van der Waals surface area contributed by atoms with Gasteiger partial charge in [0.05, 0.1) is 22.4 Å². The molecule has 21 heavy (non-hydrogen) atoms. The molecule has 0 saturated heterocycles. The number of halogens is 1. The average molecular weight is 312 g/mol. The smallest absolute Gasteiger partial charge is 0.338 e. The highest BCUT2D eigenvalue weighted by Gasteiger charge is 2.19. The molecule has 112 valence electrons. The van der Waals surface area contributed by atoms with E-state index in [0.717, 1.165) is 23.8 Å². The minimum atomic E-state index is -3.69. The molecule has 0 fully saturated rings. The largest absolute Gasteiger partial charge is 0.478 e. The molecule has 0 aliphatic rings. The topological polar surface area (TPSA) is 89.3 Å². The van der Waals surface area contributed by atoms with Crippen LogP contribution < -0.4 is 0 Å². The van der Waals surface area contributed by atoms with Gasteiger partial charge in [-0.1, -0.05) is 0 Å². The molecule has 0 radical (unpaired) electrons. The first-order valence-electron chi connectivity index (χ1n) is 6.03. The number of hydrogen-bond donors (Lipinski definition) is 1. The standard InChI is InChI=1S/C13H13FN2O4S/c1-16-8-9(7-15-16)4-5-21(19,20)10-2-3-12(14)11(6-10)13(17)18/h2-3,6-8H,4-5H2,1H3,(H,17,18). The van der Waals surface area contributed by atoms with E-state index in [4.69, 9.17) is 5.11 Å².